The van der Waals surface area contributed by atoms with Crippen molar-refractivity contribution in [2.45, 2.75) is 25.8 Å². The minimum Gasteiger partial charge on any atom is -0.339 e. The van der Waals surface area contributed by atoms with Gasteiger partial charge >= 0.3 is 0 Å². The third kappa shape index (κ3) is 3.10. The first kappa shape index (κ1) is 12.2. The molecule has 2 N–H and O–H groups in total. The lowest BCUT2D eigenvalue weighted by Crippen LogP contribution is -2.15. The minimum absolute atomic E-state index is 0.131. The Hall–Kier alpha value is -1.27. The molecule has 0 amide bonds. The van der Waals surface area contributed by atoms with Gasteiger partial charge in [0.1, 0.15) is 5.69 Å². The van der Waals surface area contributed by atoms with Gasteiger partial charge in [-0.1, -0.05) is 5.16 Å². The molecular weight excluding hydrogens is 284 g/mol. The number of nitrogens with two attached hydrogens (primary N) is 1. The lowest BCUT2D eigenvalue weighted by molar-refractivity contribution is 0.372. The Bertz CT molecular complexity index is 498. The molecule has 6 heteroatoms. The molecule has 2 aromatic heterocycles. The van der Waals surface area contributed by atoms with Crippen LogP contribution in [0.1, 0.15) is 19.2 Å². The van der Waals surface area contributed by atoms with Gasteiger partial charge in [-0.2, -0.15) is 4.98 Å². The highest BCUT2D eigenvalue weighted by atomic mass is 79.9. The maximum absolute atomic E-state index is 5.67. The second kappa shape index (κ2) is 5.37. The van der Waals surface area contributed by atoms with E-state index >= 15 is 0 Å². The van der Waals surface area contributed by atoms with E-state index in [1.54, 1.807) is 6.20 Å². The summed E-state index contributed by atoms with van der Waals surface area (Å²) in [6.45, 7) is 1.95. The standard InChI is InChI=1S/C11H13BrN4O/c1-7(13)4-5-9-15-11(16-17-9)10-8(12)3-2-6-14-10/h2-3,6-7H,4-5,13H2,1H3. The number of rotatable bonds is 4. The van der Waals surface area contributed by atoms with Crippen LogP contribution in [0.25, 0.3) is 11.5 Å². The zero-order valence-electron chi connectivity index (χ0n) is 9.43. The van der Waals surface area contributed by atoms with Crippen molar-refractivity contribution in [3.05, 3.63) is 28.7 Å². The van der Waals surface area contributed by atoms with Crippen LogP contribution < -0.4 is 5.73 Å². The van der Waals surface area contributed by atoms with Gasteiger partial charge in [0.2, 0.25) is 11.7 Å². The lowest BCUT2D eigenvalue weighted by atomic mass is 10.2. The Morgan fingerprint density at radius 1 is 1.53 bits per heavy atom. The molecule has 0 saturated carbocycles. The SMILES string of the molecule is CC(N)CCc1nc(-c2ncccc2Br)no1. The highest BCUT2D eigenvalue weighted by Crippen LogP contribution is 2.22. The molecule has 0 aromatic carbocycles. The maximum atomic E-state index is 5.67. The first-order chi connectivity index (χ1) is 8.16. The van der Waals surface area contributed by atoms with Crippen LogP contribution >= 0.6 is 15.9 Å². The summed E-state index contributed by atoms with van der Waals surface area (Å²) in [5.74, 6) is 1.09. The topological polar surface area (TPSA) is 77.8 Å². The van der Waals surface area contributed by atoms with Gasteiger partial charge in [0.05, 0.1) is 0 Å². The van der Waals surface area contributed by atoms with Gasteiger partial charge in [-0.3, -0.25) is 4.98 Å². The zero-order valence-corrected chi connectivity index (χ0v) is 11.0. The second-order valence-electron chi connectivity index (χ2n) is 3.86. The molecule has 2 aromatic rings. The first-order valence-electron chi connectivity index (χ1n) is 5.36. The van der Waals surface area contributed by atoms with E-state index in [0.717, 1.165) is 10.9 Å². The number of pyridine rings is 1. The molecule has 5 nitrogen and oxygen atoms in total. The molecule has 0 fully saturated rings. The summed E-state index contributed by atoms with van der Waals surface area (Å²) in [5, 5.41) is 3.91. The average Bonchev–Trinajstić information content (AvgIpc) is 2.75. The van der Waals surface area contributed by atoms with Crippen LogP contribution in [0.15, 0.2) is 27.3 Å². The summed E-state index contributed by atoms with van der Waals surface area (Å²) in [4.78, 5) is 8.49. The molecule has 0 bridgehead atoms. The van der Waals surface area contributed by atoms with Crippen LogP contribution in [0.2, 0.25) is 0 Å². The lowest BCUT2D eigenvalue weighted by Gasteiger charge is -1.99. The minimum atomic E-state index is 0.131. The Labute approximate surface area is 108 Å². The van der Waals surface area contributed by atoms with Crippen molar-refractivity contribution < 1.29 is 4.52 Å². The summed E-state index contributed by atoms with van der Waals surface area (Å²) in [6, 6.07) is 3.86. The molecule has 2 rings (SSSR count). The van der Waals surface area contributed by atoms with E-state index in [4.69, 9.17) is 10.3 Å². The molecule has 2 heterocycles. The Kier molecular flexibility index (Phi) is 3.86. The van der Waals surface area contributed by atoms with Crippen molar-refractivity contribution in [3.63, 3.8) is 0 Å². The highest BCUT2D eigenvalue weighted by molar-refractivity contribution is 9.10. The quantitative estimate of drug-likeness (QED) is 0.935. The van der Waals surface area contributed by atoms with Crippen molar-refractivity contribution in [1.29, 1.82) is 0 Å². The van der Waals surface area contributed by atoms with E-state index in [-0.39, 0.29) is 6.04 Å². The Morgan fingerprint density at radius 3 is 3.06 bits per heavy atom. The van der Waals surface area contributed by atoms with Crippen molar-refractivity contribution in [2.75, 3.05) is 0 Å². The predicted octanol–water partition coefficient (Wildman–Crippen LogP) is 2.17. The maximum Gasteiger partial charge on any atom is 0.227 e. The molecule has 1 unspecified atom stereocenters. The number of halogens is 1. The zero-order chi connectivity index (χ0) is 12.3. The normalized spacial score (nSPS) is 12.6. The Morgan fingerprint density at radius 2 is 2.35 bits per heavy atom. The molecule has 0 radical (unpaired) electrons. The van der Waals surface area contributed by atoms with Gasteiger partial charge in [-0.15, -0.1) is 0 Å². The van der Waals surface area contributed by atoms with Gasteiger partial charge in [0, 0.05) is 23.1 Å². The molecule has 1 atom stereocenters. The summed E-state index contributed by atoms with van der Waals surface area (Å²) < 4.78 is 5.99. The van der Waals surface area contributed by atoms with Gasteiger partial charge in [0.15, 0.2) is 0 Å². The highest BCUT2D eigenvalue weighted by Gasteiger charge is 2.12. The summed E-state index contributed by atoms with van der Waals surface area (Å²) in [6.07, 6.45) is 3.21. The fourth-order valence-corrected chi connectivity index (χ4v) is 1.79. The third-order valence-corrected chi connectivity index (χ3v) is 2.89. The molecule has 0 spiro atoms. The summed E-state index contributed by atoms with van der Waals surface area (Å²) in [5.41, 5.74) is 6.36. The van der Waals surface area contributed by atoms with E-state index in [1.165, 1.54) is 0 Å². The molecular formula is C11H13BrN4O. The molecule has 0 aliphatic heterocycles. The fraction of sp³-hybridized carbons (Fsp3) is 0.364. The van der Waals surface area contributed by atoms with E-state index in [2.05, 4.69) is 31.1 Å². The Balaban J connectivity index is 2.16. The van der Waals surface area contributed by atoms with E-state index < -0.39 is 0 Å². The van der Waals surface area contributed by atoms with Crippen LogP contribution in [0.5, 0.6) is 0 Å². The van der Waals surface area contributed by atoms with Crippen molar-refractivity contribution in [3.8, 4) is 11.5 Å². The van der Waals surface area contributed by atoms with E-state index in [9.17, 15) is 0 Å². The van der Waals surface area contributed by atoms with Gasteiger partial charge in [0.25, 0.3) is 0 Å². The average molecular weight is 297 g/mol. The number of aryl methyl sites for hydroxylation is 1. The fourth-order valence-electron chi connectivity index (χ4n) is 1.35. The monoisotopic (exact) mass is 296 g/mol. The van der Waals surface area contributed by atoms with Crippen LogP contribution in [-0.2, 0) is 6.42 Å². The number of hydrogen-bond donors (Lipinski definition) is 1. The van der Waals surface area contributed by atoms with Crippen LogP contribution in [0.3, 0.4) is 0 Å². The van der Waals surface area contributed by atoms with E-state index in [0.29, 0.717) is 23.8 Å². The second-order valence-corrected chi connectivity index (χ2v) is 4.72. The number of nitrogens with zero attached hydrogens (tertiary/aromatic N) is 3. The molecule has 0 aliphatic carbocycles. The van der Waals surface area contributed by atoms with Gasteiger partial charge in [-0.25, -0.2) is 0 Å². The van der Waals surface area contributed by atoms with Crippen LogP contribution in [0.4, 0.5) is 0 Å². The number of hydrogen-bond acceptors (Lipinski definition) is 5. The molecule has 0 saturated heterocycles. The van der Waals surface area contributed by atoms with Crippen LogP contribution in [-0.4, -0.2) is 21.2 Å². The first-order valence-corrected chi connectivity index (χ1v) is 6.15. The van der Waals surface area contributed by atoms with Gasteiger partial charge < -0.3 is 10.3 Å². The van der Waals surface area contributed by atoms with Gasteiger partial charge in [-0.05, 0) is 41.4 Å². The third-order valence-electron chi connectivity index (χ3n) is 2.25. The van der Waals surface area contributed by atoms with Crippen molar-refractivity contribution in [1.82, 2.24) is 15.1 Å². The molecule has 17 heavy (non-hydrogen) atoms. The molecule has 90 valence electrons. The smallest absolute Gasteiger partial charge is 0.227 e. The summed E-state index contributed by atoms with van der Waals surface area (Å²) in [7, 11) is 0. The largest absolute Gasteiger partial charge is 0.339 e. The van der Waals surface area contributed by atoms with E-state index in [1.807, 2.05) is 19.1 Å². The molecule has 0 aliphatic rings. The van der Waals surface area contributed by atoms with Crippen molar-refractivity contribution >= 4 is 15.9 Å². The van der Waals surface area contributed by atoms with Crippen molar-refractivity contribution in [2.24, 2.45) is 5.73 Å². The number of aromatic nitrogens is 3. The summed E-state index contributed by atoms with van der Waals surface area (Å²) >= 11 is 3.40. The predicted molar refractivity (Wildman–Crippen MR) is 67.2 cm³/mol. The van der Waals surface area contributed by atoms with Crippen LogP contribution in [0, 0.1) is 0 Å².